The van der Waals surface area contributed by atoms with Crippen LogP contribution in [0.5, 0.6) is 0 Å². The Morgan fingerprint density at radius 2 is 1.86 bits per heavy atom. The number of aryl methyl sites for hydroxylation is 1. The molecular weight excluding hydrogens is 566 g/mol. The molecule has 5 N–H and O–H groups in total. The first-order valence-electron chi connectivity index (χ1n) is 13.3. The van der Waals surface area contributed by atoms with Crippen LogP contribution in [-0.2, 0) is 6.42 Å². The van der Waals surface area contributed by atoms with Gasteiger partial charge in [-0.15, -0.1) is 11.3 Å². The first-order valence-corrected chi connectivity index (χ1v) is 14.1. The number of nitrogens with one attached hydrogen (secondary N) is 2. The molecule has 7 rings (SSSR count). The Hall–Kier alpha value is -5.53. The van der Waals surface area contributed by atoms with Crippen molar-refractivity contribution < 1.29 is 10.0 Å². The molecule has 43 heavy (non-hydrogen) atoms. The van der Waals surface area contributed by atoms with E-state index in [-0.39, 0.29) is 5.56 Å². The average molecular weight is 592 g/mol. The monoisotopic (exact) mass is 591 g/mol. The van der Waals surface area contributed by atoms with Crippen LogP contribution in [0.4, 0.5) is 5.82 Å². The molecule has 1 amide bonds. The third kappa shape index (κ3) is 5.29. The van der Waals surface area contributed by atoms with Gasteiger partial charge >= 0.3 is 0 Å². The Labute approximate surface area is 247 Å². The van der Waals surface area contributed by atoms with Crippen molar-refractivity contribution in [2.75, 3.05) is 5.73 Å². The Bertz CT molecular complexity index is 2160. The van der Waals surface area contributed by atoms with Crippen molar-refractivity contribution in [1.82, 2.24) is 40.0 Å². The molecule has 214 valence electrons. The zero-order valence-corrected chi connectivity index (χ0v) is 23.7. The molecule has 0 atom stereocenters. The summed E-state index contributed by atoms with van der Waals surface area (Å²) in [5, 5.41) is 10.1. The zero-order chi connectivity index (χ0) is 29.9. The van der Waals surface area contributed by atoms with Gasteiger partial charge < -0.3 is 10.7 Å². The maximum atomic E-state index is 13.8. The van der Waals surface area contributed by atoms with E-state index < -0.39 is 5.91 Å². The fourth-order valence-corrected chi connectivity index (χ4v) is 5.75. The first kappa shape index (κ1) is 27.6. The van der Waals surface area contributed by atoms with Crippen LogP contribution in [0.3, 0.4) is 0 Å². The number of fused-ring (bicyclic) bond motifs is 3. The number of H-pyrrole nitrogens is 1. The molecule has 0 saturated heterocycles. The van der Waals surface area contributed by atoms with Crippen LogP contribution < -0.4 is 16.8 Å². The van der Waals surface area contributed by atoms with E-state index in [9.17, 15) is 9.59 Å². The number of carbonyl (C=O) groups excluding carboxylic acids is 1. The van der Waals surface area contributed by atoms with Gasteiger partial charge in [0.15, 0.2) is 11.5 Å². The number of benzene rings is 3. The Morgan fingerprint density at radius 1 is 1.02 bits per heavy atom. The van der Waals surface area contributed by atoms with E-state index in [0.29, 0.717) is 56.0 Å². The van der Waals surface area contributed by atoms with Crippen LogP contribution in [0.1, 0.15) is 29.5 Å². The van der Waals surface area contributed by atoms with Crippen LogP contribution in [0, 0.1) is 0 Å². The summed E-state index contributed by atoms with van der Waals surface area (Å²) in [5.74, 6) is 0.570. The number of aromatic nitrogens is 7. The molecule has 0 radical (unpaired) electrons. The number of nitrogens with zero attached hydrogens (tertiary/aromatic N) is 6. The quantitative estimate of drug-likeness (QED) is 0.164. The molecule has 0 aliphatic heterocycles. The minimum Gasteiger partial charge on any atom is -0.382 e. The summed E-state index contributed by atoms with van der Waals surface area (Å²) in [4.78, 5) is 49.5. The smallest absolute Gasteiger partial charge is 0.274 e. The van der Waals surface area contributed by atoms with Crippen LogP contribution in [-0.4, -0.2) is 45.6 Å². The number of amides is 1. The van der Waals surface area contributed by atoms with E-state index in [1.54, 1.807) is 28.2 Å². The molecule has 0 bridgehead atoms. The molecule has 0 spiro atoms. The molecular formula is C30H25N9O3S. The number of hydroxylamine groups is 1. The van der Waals surface area contributed by atoms with Crippen molar-refractivity contribution >= 4 is 55.3 Å². The van der Waals surface area contributed by atoms with Crippen LogP contribution in [0.15, 0.2) is 84.2 Å². The number of thiazole rings is 1. The second-order valence-corrected chi connectivity index (χ2v) is 10.5. The lowest BCUT2D eigenvalue weighted by Crippen LogP contribution is -2.24. The van der Waals surface area contributed by atoms with Gasteiger partial charge in [-0.2, -0.15) is 0 Å². The van der Waals surface area contributed by atoms with Crippen molar-refractivity contribution in [1.29, 1.82) is 0 Å². The van der Waals surface area contributed by atoms with Gasteiger partial charge in [0.1, 0.15) is 22.7 Å². The summed E-state index contributed by atoms with van der Waals surface area (Å²) < 4.78 is 2.47. The summed E-state index contributed by atoms with van der Waals surface area (Å²) in [6.45, 7) is 2.06. The summed E-state index contributed by atoms with van der Waals surface area (Å²) in [7, 11) is 0. The van der Waals surface area contributed by atoms with Crippen molar-refractivity contribution in [3.05, 3.63) is 101 Å². The van der Waals surface area contributed by atoms with Crippen LogP contribution in [0.25, 0.3) is 48.5 Å². The lowest BCUT2D eigenvalue weighted by molar-refractivity contribution is 0.0706. The van der Waals surface area contributed by atoms with Gasteiger partial charge in [-0.1, -0.05) is 37.3 Å². The number of carbonyl (C=O) groups is 1. The zero-order valence-electron chi connectivity index (χ0n) is 22.9. The highest BCUT2D eigenvalue weighted by atomic mass is 32.1. The Balaban J connectivity index is 0.000000277. The predicted octanol–water partition coefficient (Wildman–Crippen LogP) is 4.67. The maximum absolute atomic E-state index is 13.8. The normalized spacial score (nSPS) is 11.0. The number of hydrogen-bond donors (Lipinski definition) is 4. The van der Waals surface area contributed by atoms with Gasteiger partial charge in [0.05, 0.1) is 33.1 Å². The molecule has 0 aliphatic rings. The number of para-hydroxylation sites is 1. The second kappa shape index (κ2) is 11.8. The molecule has 0 unspecified atom stereocenters. The second-order valence-electron chi connectivity index (χ2n) is 9.46. The molecule has 13 heteroatoms. The lowest BCUT2D eigenvalue weighted by Gasteiger charge is -2.14. The molecule has 4 aromatic heterocycles. The fourth-order valence-electron chi connectivity index (χ4n) is 4.72. The number of aromatic amines is 1. The van der Waals surface area contributed by atoms with Gasteiger partial charge in [-0.05, 0) is 42.8 Å². The molecule has 12 nitrogen and oxygen atoms in total. The van der Waals surface area contributed by atoms with E-state index in [2.05, 4.69) is 26.9 Å². The van der Waals surface area contributed by atoms with E-state index in [4.69, 9.17) is 20.9 Å². The summed E-state index contributed by atoms with van der Waals surface area (Å²) in [5.41, 5.74) is 11.4. The number of hydrogen-bond acceptors (Lipinski definition) is 10. The summed E-state index contributed by atoms with van der Waals surface area (Å²) in [6.07, 6.45) is 4.47. The standard InChI is InChI=1S/C25H20N4O3S.C5H5N5/c1-2-7-21-26-19-11-6-10-17(22(19)25(31)29(21)16-8-4-3-5-9-16)24-27-18-13-12-15(23(30)28-32)14-20(18)33-24;6-4-3-5(9-1-7-3)10-2-8-4/h3-6,8-14,32H,2,7H2,1H3,(H,28,30);1-2H,(H3,6,7,8,9,10). The van der Waals surface area contributed by atoms with E-state index in [1.807, 2.05) is 48.5 Å². The molecule has 4 heterocycles. The van der Waals surface area contributed by atoms with Crippen molar-refractivity contribution in [3.63, 3.8) is 0 Å². The minimum atomic E-state index is -0.588. The van der Waals surface area contributed by atoms with Gasteiger partial charge in [0, 0.05) is 17.5 Å². The first-order chi connectivity index (χ1) is 21.0. The van der Waals surface area contributed by atoms with Crippen molar-refractivity contribution in [2.45, 2.75) is 19.8 Å². The highest BCUT2D eigenvalue weighted by Crippen LogP contribution is 2.34. The van der Waals surface area contributed by atoms with Crippen LogP contribution >= 0.6 is 11.3 Å². The predicted molar refractivity (Wildman–Crippen MR) is 165 cm³/mol. The third-order valence-electron chi connectivity index (χ3n) is 6.69. The third-order valence-corrected chi connectivity index (χ3v) is 7.74. The largest absolute Gasteiger partial charge is 0.382 e. The fraction of sp³-hybridized carbons (Fsp3) is 0.100. The topological polar surface area (TPSA) is 178 Å². The minimum absolute atomic E-state index is 0.134. The van der Waals surface area contributed by atoms with E-state index in [0.717, 1.165) is 22.6 Å². The van der Waals surface area contributed by atoms with Gasteiger partial charge in [0.2, 0.25) is 0 Å². The van der Waals surface area contributed by atoms with Gasteiger partial charge in [-0.25, -0.2) is 30.4 Å². The SMILES string of the molecule is CCCc1nc2cccc(-c3nc4ccc(C(=O)NO)cc4s3)c2c(=O)n1-c1ccccc1.Nc1ncnc2nc[nH]c12. The number of rotatable bonds is 5. The van der Waals surface area contributed by atoms with Gasteiger partial charge in [-0.3, -0.25) is 19.4 Å². The molecule has 7 aromatic rings. The highest BCUT2D eigenvalue weighted by molar-refractivity contribution is 7.21. The number of nitrogens with two attached hydrogens (primary N) is 1. The highest BCUT2D eigenvalue weighted by Gasteiger charge is 2.18. The Kier molecular flexibility index (Phi) is 7.56. The molecule has 0 fully saturated rings. The van der Waals surface area contributed by atoms with Gasteiger partial charge in [0.25, 0.3) is 11.5 Å². The lowest BCUT2D eigenvalue weighted by atomic mass is 10.1. The molecule has 0 aliphatic carbocycles. The van der Waals surface area contributed by atoms with Crippen molar-refractivity contribution in [2.24, 2.45) is 0 Å². The maximum Gasteiger partial charge on any atom is 0.274 e. The summed E-state index contributed by atoms with van der Waals surface area (Å²) in [6, 6.07) is 20.1. The molecule has 0 saturated carbocycles. The average Bonchev–Trinajstić information content (AvgIpc) is 3.69. The summed E-state index contributed by atoms with van der Waals surface area (Å²) >= 11 is 1.38. The number of nitrogen functional groups attached to an aromatic ring is 1. The van der Waals surface area contributed by atoms with Crippen molar-refractivity contribution in [3.8, 4) is 16.3 Å². The Morgan fingerprint density at radius 3 is 2.63 bits per heavy atom. The van der Waals surface area contributed by atoms with E-state index >= 15 is 0 Å². The van der Waals surface area contributed by atoms with E-state index in [1.165, 1.54) is 24.0 Å². The number of anilines is 1. The number of imidazole rings is 1. The molecule has 3 aromatic carbocycles. The van der Waals surface area contributed by atoms with Crippen LogP contribution in [0.2, 0.25) is 0 Å².